The largest absolute Gasteiger partial charge is 0.305 e. The second-order valence-electron chi connectivity index (χ2n) is 4.45. The average molecular weight is 353 g/mol. The maximum Gasteiger partial charge on any atom is 0.259 e. The summed E-state index contributed by atoms with van der Waals surface area (Å²) < 4.78 is 2.55. The van der Waals surface area contributed by atoms with E-state index in [1.54, 1.807) is 29.3 Å². The number of nitrogens with zero attached hydrogens (tertiary/aromatic N) is 3. The van der Waals surface area contributed by atoms with Crippen molar-refractivity contribution in [3.63, 3.8) is 0 Å². The summed E-state index contributed by atoms with van der Waals surface area (Å²) in [6, 6.07) is 7.08. The minimum absolute atomic E-state index is 0.334. The molecule has 0 aliphatic carbocycles. The lowest BCUT2D eigenvalue weighted by atomic mass is 10.3. The smallest absolute Gasteiger partial charge is 0.259 e. The zero-order valence-electron chi connectivity index (χ0n) is 11.2. The van der Waals surface area contributed by atoms with Gasteiger partial charge in [-0.1, -0.05) is 29.3 Å². The van der Waals surface area contributed by atoms with E-state index in [4.69, 9.17) is 23.2 Å². The molecule has 22 heavy (non-hydrogen) atoms. The van der Waals surface area contributed by atoms with Crippen molar-refractivity contribution in [2.45, 2.75) is 6.54 Å². The number of anilines is 1. The van der Waals surface area contributed by atoms with E-state index in [9.17, 15) is 4.79 Å². The van der Waals surface area contributed by atoms with Gasteiger partial charge in [0.25, 0.3) is 5.91 Å². The number of rotatable bonds is 4. The summed E-state index contributed by atoms with van der Waals surface area (Å²) in [6.07, 6.45) is 5.27. The fraction of sp³-hybridized carbons (Fsp3) is 0.0714. The Balaban J connectivity index is 1.69. The predicted molar refractivity (Wildman–Crippen MR) is 87.9 cm³/mol. The van der Waals surface area contributed by atoms with Crippen LogP contribution in [0.3, 0.4) is 0 Å². The summed E-state index contributed by atoms with van der Waals surface area (Å²) in [5, 5.41) is 6.99. The Morgan fingerprint density at radius 1 is 1.36 bits per heavy atom. The van der Waals surface area contributed by atoms with Gasteiger partial charge in [-0.25, -0.2) is 0 Å². The van der Waals surface area contributed by atoms with Crippen LogP contribution in [0.25, 0.3) is 0 Å². The zero-order valence-corrected chi connectivity index (χ0v) is 13.5. The summed E-state index contributed by atoms with van der Waals surface area (Å²) in [5.74, 6) is 0.118. The van der Waals surface area contributed by atoms with Gasteiger partial charge in [0.1, 0.15) is 4.34 Å². The van der Waals surface area contributed by atoms with Crippen LogP contribution in [-0.4, -0.2) is 20.7 Å². The van der Waals surface area contributed by atoms with Crippen molar-refractivity contribution in [1.82, 2.24) is 14.8 Å². The number of thiophene rings is 1. The van der Waals surface area contributed by atoms with Crippen molar-refractivity contribution >= 4 is 46.3 Å². The molecule has 8 heteroatoms. The highest BCUT2D eigenvalue weighted by Crippen LogP contribution is 2.31. The molecule has 0 aliphatic rings. The van der Waals surface area contributed by atoms with Gasteiger partial charge in [0.2, 0.25) is 0 Å². The number of amides is 1. The van der Waals surface area contributed by atoms with Gasteiger partial charge in [-0.2, -0.15) is 5.10 Å². The van der Waals surface area contributed by atoms with Crippen LogP contribution in [-0.2, 0) is 6.54 Å². The van der Waals surface area contributed by atoms with Crippen molar-refractivity contribution in [3.8, 4) is 0 Å². The third-order valence-corrected chi connectivity index (χ3v) is 4.34. The third-order valence-electron chi connectivity index (χ3n) is 2.85. The molecule has 0 saturated heterocycles. The summed E-state index contributed by atoms with van der Waals surface area (Å²) in [7, 11) is 0. The first-order valence-corrected chi connectivity index (χ1v) is 7.87. The van der Waals surface area contributed by atoms with Gasteiger partial charge in [-0.05, 0) is 17.7 Å². The Hall–Kier alpha value is -1.89. The maximum absolute atomic E-state index is 12.1. The Morgan fingerprint density at radius 3 is 2.91 bits per heavy atom. The first kappa shape index (κ1) is 15.0. The molecule has 0 aromatic carbocycles. The van der Waals surface area contributed by atoms with Crippen LogP contribution in [0.2, 0.25) is 8.67 Å². The van der Waals surface area contributed by atoms with E-state index in [1.807, 2.05) is 12.1 Å². The first-order chi connectivity index (χ1) is 10.6. The van der Waals surface area contributed by atoms with Crippen LogP contribution in [0, 0.1) is 0 Å². The summed E-state index contributed by atoms with van der Waals surface area (Å²) in [6.45, 7) is 0.578. The number of pyridine rings is 1. The van der Waals surface area contributed by atoms with Gasteiger partial charge < -0.3 is 5.32 Å². The van der Waals surface area contributed by atoms with E-state index < -0.39 is 0 Å². The molecule has 0 aliphatic heterocycles. The molecular weight excluding hydrogens is 343 g/mol. The van der Waals surface area contributed by atoms with Crippen LogP contribution in [0.1, 0.15) is 15.9 Å². The zero-order chi connectivity index (χ0) is 15.5. The highest BCUT2D eigenvalue weighted by molar-refractivity contribution is 7.20. The fourth-order valence-electron chi connectivity index (χ4n) is 1.87. The predicted octanol–water partition coefficient (Wildman–Crippen LogP) is 3.95. The van der Waals surface area contributed by atoms with Crippen molar-refractivity contribution in [1.29, 1.82) is 0 Å². The topological polar surface area (TPSA) is 59.8 Å². The molecular formula is C14H10Cl2N4OS. The van der Waals surface area contributed by atoms with Crippen molar-refractivity contribution in [2.24, 2.45) is 0 Å². The van der Waals surface area contributed by atoms with Gasteiger partial charge in [-0.15, -0.1) is 11.3 Å². The van der Waals surface area contributed by atoms with Crippen LogP contribution >= 0.6 is 34.5 Å². The van der Waals surface area contributed by atoms with E-state index in [2.05, 4.69) is 15.4 Å². The molecule has 0 saturated carbocycles. The average Bonchev–Trinajstić information content (AvgIpc) is 3.06. The Morgan fingerprint density at radius 2 is 2.23 bits per heavy atom. The molecule has 1 amide bonds. The van der Waals surface area contributed by atoms with Crippen molar-refractivity contribution in [2.75, 3.05) is 5.32 Å². The minimum Gasteiger partial charge on any atom is -0.305 e. The second kappa shape index (κ2) is 6.48. The molecule has 3 heterocycles. The molecule has 0 bridgehead atoms. The van der Waals surface area contributed by atoms with Gasteiger partial charge in [0.05, 0.1) is 16.4 Å². The van der Waals surface area contributed by atoms with Crippen LogP contribution in [0.4, 0.5) is 5.82 Å². The summed E-state index contributed by atoms with van der Waals surface area (Å²) in [4.78, 5) is 16.2. The second-order valence-corrected chi connectivity index (χ2v) is 6.74. The lowest BCUT2D eigenvalue weighted by Gasteiger charge is -2.02. The Kier molecular flexibility index (Phi) is 4.42. The molecule has 0 atom stereocenters. The highest BCUT2D eigenvalue weighted by Gasteiger charge is 2.15. The van der Waals surface area contributed by atoms with Crippen molar-refractivity contribution in [3.05, 3.63) is 62.7 Å². The van der Waals surface area contributed by atoms with E-state index >= 15 is 0 Å². The van der Waals surface area contributed by atoms with Gasteiger partial charge >= 0.3 is 0 Å². The number of carbonyl (C=O) groups is 1. The van der Waals surface area contributed by atoms with Crippen LogP contribution in [0.5, 0.6) is 0 Å². The number of hydrogen-bond donors (Lipinski definition) is 1. The fourth-order valence-corrected chi connectivity index (χ4v) is 3.33. The van der Waals surface area contributed by atoms with E-state index in [1.165, 1.54) is 6.07 Å². The lowest BCUT2D eigenvalue weighted by Crippen LogP contribution is -2.12. The molecule has 0 radical (unpaired) electrons. The summed E-state index contributed by atoms with van der Waals surface area (Å²) in [5.41, 5.74) is 1.37. The third kappa shape index (κ3) is 3.47. The minimum atomic E-state index is -0.334. The van der Waals surface area contributed by atoms with Crippen molar-refractivity contribution < 1.29 is 4.79 Å². The molecule has 3 rings (SSSR count). The SMILES string of the molecule is O=C(Nc1ccn(Cc2cccnc2)n1)c1cc(Cl)sc1Cl. The molecule has 0 unspecified atom stereocenters. The van der Waals surface area contributed by atoms with E-state index in [-0.39, 0.29) is 5.91 Å². The molecule has 0 fully saturated rings. The molecule has 3 aromatic rings. The number of aromatic nitrogens is 3. The van der Waals surface area contributed by atoms with Gasteiger partial charge in [0, 0.05) is 24.7 Å². The molecule has 0 spiro atoms. The number of halogens is 2. The van der Waals surface area contributed by atoms with Crippen LogP contribution < -0.4 is 5.32 Å². The van der Waals surface area contributed by atoms with E-state index in [0.717, 1.165) is 16.9 Å². The number of hydrogen-bond acceptors (Lipinski definition) is 4. The number of carbonyl (C=O) groups excluding carboxylic acids is 1. The van der Waals surface area contributed by atoms with Crippen LogP contribution in [0.15, 0.2) is 42.9 Å². The molecule has 3 aromatic heterocycles. The maximum atomic E-state index is 12.1. The number of nitrogens with one attached hydrogen (secondary N) is 1. The Bertz CT molecular complexity index is 800. The van der Waals surface area contributed by atoms with Gasteiger partial charge in [0.15, 0.2) is 5.82 Å². The lowest BCUT2D eigenvalue weighted by molar-refractivity contribution is 0.102. The van der Waals surface area contributed by atoms with E-state index in [0.29, 0.717) is 26.6 Å². The Labute approximate surface area is 140 Å². The quantitative estimate of drug-likeness (QED) is 0.773. The monoisotopic (exact) mass is 352 g/mol. The highest BCUT2D eigenvalue weighted by atomic mass is 35.5. The van der Waals surface area contributed by atoms with Gasteiger partial charge in [-0.3, -0.25) is 14.5 Å². The first-order valence-electron chi connectivity index (χ1n) is 6.30. The molecule has 5 nitrogen and oxygen atoms in total. The molecule has 112 valence electrons. The standard InChI is InChI=1S/C14H10Cl2N4OS/c15-11-6-10(13(16)22-11)14(21)18-12-3-5-20(19-12)8-9-2-1-4-17-7-9/h1-7H,8H2,(H,18,19,21). The summed E-state index contributed by atoms with van der Waals surface area (Å²) >= 11 is 12.9. The normalized spacial score (nSPS) is 10.6. The molecule has 1 N–H and O–H groups in total.